The fourth-order valence-corrected chi connectivity index (χ4v) is 4.39. The van der Waals surface area contributed by atoms with E-state index in [9.17, 15) is 9.59 Å². The maximum atomic E-state index is 13.5. The van der Waals surface area contributed by atoms with Crippen LogP contribution < -0.4 is 10.9 Å². The average molecular weight is 466 g/mol. The van der Waals surface area contributed by atoms with Crippen molar-refractivity contribution in [2.45, 2.75) is 26.9 Å². The van der Waals surface area contributed by atoms with Crippen molar-refractivity contribution in [3.8, 4) is 0 Å². The first kappa shape index (κ1) is 23.0. The fourth-order valence-electron chi connectivity index (χ4n) is 4.17. The van der Waals surface area contributed by atoms with Gasteiger partial charge < -0.3 is 14.8 Å². The quantitative estimate of drug-likeness (QED) is 0.410. The molecule has 0 saturated heterocycles. The lowest BCUT2D eigenvalue weighted by Crippen LogP contribution is -2.38. The van der Waals surface area contributed by atoms with E-state index in [0.29, 0.717) is 23.6 Å². The van der Waals surface area contributed by atoms with Crippen LogP contribution in [-0.4, -0.2) is 51.3 Å². The first-order valence-corrected chi connectivity index (χ1v) is 11.6. The number of aromatic nitrogens is 3. The minimum atomic E-state index is -0.287. The van der Waals surface area contributed by atoms with Crippen LogP contribution >= 0.6 is 11.6 Å². The molecule has 2 aromatic carbocycles. The number of carbonyl (C=O) groups excluding carboxylic acids is 1. The number of likely N-dealkylation sites (N-methyl/N-ethyl adjacent to an activating group) is 1. The average Bonchev–Trinajstić information content (AvgIpc) is 3.13. The Hall–Kier alpha value is -3.16. The Balaban J connectivity index is 1.67. The van der Waals surface area contributed by atoms with Crippen LogP contribution in [0, 0.1) is 0 Å². The third-order valence-corrected chi connectivity index (χ3v) is 6.18. The maximum Gasteiger partial charge on any atom is 0.291 e. The number of halogens is 1. The zero-order valence-corrected chi connectivity index (χ0v) is 19.7. The van der Waals surface area contributed by atoms with E-state index in [1.54, 1.807) is 6.20 Å². The fraction of sp³-hybridized carbons (Fsp3) is 0.320. The summed E-state index contributed by atoms with van der Waals surface area (Å²) in [4.78, 5) is 28.2. The molecule has 0 saturated carbocycles. The highest BCUT2D eigenvalue weighted by molar-refractivity contribution is 6.30. The summed E-state index contributed by atoms with van der Waals surface area (Å²) in [5, 5.41) is 9.57. The van der Waals surface area contributed by atoms with Gasteiger partial charge >= 0.3 is 0 Å². The SMILES string of the molecule is CCN(CC)CCNC(=O)Cn1ncc2c3ccccc3n(Cc3cccc(Cl)c3)c2c1=O. The van der Waals surface area contributed by atoms with Gasteiger partial charge in [-0.3, -0.25) is 9.59 Å². The van der Waals surface area contributed by atoms with Crippen molar-refractivity contribution in [2.75, 3.05) is 26.2 Å². The van der Waals surface area contributed by atoms with E-state index in [1.165, 1.54) is 4.68 Å². The molecule has 33 heavy (non-hydrogen) atoms. The van der Waals surface area contributed by atoms with Gasteiger partial charge in [-0.1, -0.05) is 55.8 Å². The molecule has 8 heteroatoms. The van der Waals surface area contributed by atoms with Crippen LogP contribution in [0.3, 0.4) is 0 Å². The van der Waals surface area contributed by atoms with Crippen molar-refractivity contribution < 1.29 is 4.79 Å². The number of fused-ring (bicyclic) bond motifs is 3. The van der Waals surface area contributed by atoms with Crippen molar-refractivity contribution in [2.24, 2.45) is 0 Å². The monoisotopic (exact) mass is 465 g/mol. The van der Waals surface area contributed by atoms with Crippen LogP contribution in [0.4, 0.5) is 0 Å². The van der Waals surface area contributed by atoms with Gasteiger partial charge in [-0.2, -0.15) is 5.10 Å². The second-order valence-corrected chi connectivity index (χ2v) is 8.42. The van der Waals surface area contributed by atoms with E-state index in [2.05, 4.69) is 29.2 Å². The molecular weight excluding hydrogens is 438 g/mol. The minimum absolute atomic E-state index is 0.119. The Morgan fingerprint density at radius 2 is 1.88 bits per heavy atom. The maximum absolute atomic E-state index is 13.5. The highest BCUT2D eigenvalue weighted by Crippen LogP contribution is 2.27. The second kappa shape index (κ2) is 10.2. The van der Waals surface area contributed by atoms with Crippen molar-refractivity contribution in [1.82, 2.24) is 24.6 Å². The molecule has 2 heterocycles. The topological polar surface area (TPSA) is 72.2 Å². The van der Waals surface area contributed by atoms with Crippen molar-refractivity contribution in [3.05, 3.63) is 75.7 Å². The summed E-state index contributed by atoms with van der Waals surface area (Å²) in [7, 11) is 0. The summed E-state index contributed by atoms with van der Waals surface area (Å²) in [6.07, 6.45) is 1.68. The Morgan fingerprint density at radius 3 is 2.64 bits per heavy atom. The predicted molar refractivity (Wildman–Crippen MR) is 133 cm³/mol. The molecule has 0 atom stereocenters. The number of nitrogens with one attached hydrogen (secondary N) is 1. The van der Waals surface area contributed by atoms with E-state index < -0.39 is 0 Å². The largest absolute Gasteiger partial charge is 0.353 e. The van der Waals surface area contributed by atoms with E-state index >= 15 is 0 Å². The molecular formula is C25H28ClN5O2. The smallest absolute Gasteiger partial charge is 0.291 e. The van der Waals surface area contributed by atoms with Gasteiger partial charge in [0, 0.05) is 40.9 Å². The van der Waals surface area contributed by atoms with Crippen molar-refractivity contribution in [3.63, 3.8) is 0 Å². The molecule has 0 spiro atoms. The normalized spacial score (nSPS) is 11.5. The highest BCUT2D eigenvalue weighted by Gasteiger charge is 2.17. The minimum Gasteiger partial charge on any atom is -0.353 e. The summed E-state index contributed by atoms with van der Waals surface area (Å²) in [5.74, 6) is -0.228. The first-order chi connectivity index (χ1) is 16.0. The molecule has 0 aliphatic heterocycles. The third kappa shape index (κ3) is 4.94. The third-order valence-electron chi connectivity index (χ3n) is 5.94. The van der Waals surface area contributed by atoms with Gasteiger partial charge in [0.25, 0.3) is 5.56 Å². The lowest BCUT2D eigenvalue weighted by Gasteiger charge is -2.18. The number of hydrogen-bond acceptors (Lipinski definition) is 4. The van der Waals surface area contributed by atoms with Gasteiger partial charge in [0.1, 0.15) is 12.1 Å². The lowest BCUT2D eigenvalue weighted by molar-refractivity contribution is -0.121. The number of rotatable bonds is 9. The molecule has 0 aliphatic carbocycles. The standard InChI is InChI=1S/C25H28ClN5O2/c1-3-29(4-2)13-12-27-23(32)17-31-25(33)24-21(15-28-31)20-10-5-6-11-22(20)30(24)16-18-8-7-9-19(26)14-18/h5-11,14-15H,3-4,12-13,16-17H2,1-2H3,(H,27,32). The van der Waals surface area contributed by atoms with E-state index in [-0.39, 0.29) is 18.0 Å². The molecule has 0 bridgehead atoms. The Bertz CT molecular complexity index is 1340. The molecule has 7 nitrogen and oxygen atoms in total. The van der Waals surface area contributed by atoms with Gasteiger partial charge in [0.05, 0.1) is 6.20 Å². The van der Waals surface area contributed by atoms with Crippen LogP contribution in [0.15, 0.2) is 59.5 Å². The summed E-state index contributed by atoms with van der Waals surface area (Å²) < 4.78 is 3.22. The molecule has 1 N–H and O–H groups in total. The zero-order chi connectivity index (χ0) is 23.4. The molecule has 2 aromatic heterocycles. The molecule has 1 amide bonds. The van der Waals surface area contributed by atoms with Crippen LogP contribution in [0.25, 0.3) is 21.8 Å². The summed E-state index contributed by atoms with van der Waals surface area (Å²) >= 11 is 6.18. The Morgan fingerprint density at radius 1 is 1.09 bits per heavy atom. The molecule has 0 aliphatic rings. The van der Waals surface area contributed by atoms with Crippen LogP contribution in [0.2, 0.25) is 5.02 Å². The lowest BCUT2D eigenvalue weighted by atomic mass is 10.2. The number of carbonyl (C=O) groups is 1. The number of nitrogens with zero attached hydrogens (tertiary/aromatic N) is 4. The molecule has 0 radical (unpaired) electrons. The first-order valence-electron chi connectivity index (χ1n) is 11.2. The van der Waals surface area contributed by atoms with E-state index in [0.717, 1.165) is 41.5 Å². The van der Waals surface area contributed by atoms with Crippen molar-refractivity contribution >= 4 is 39.3 Å². The van der Waals surface area contributed by atoms with Gasteiger partial charge in [-0.05, 0) is 36.9 Å². The van der Waals surface area contributed by atoms with Crippen LogP contribution in [-0.2, 0) is 17.9 Å². The molecule has 0 unspecified atom stereocenters. The number of para-hydroxylation sites is 1. The van der Waals surface area contributed by atoms with Gasteiger partial charge in [0.2, 0.25) is 5.91 Å². The highest BCUT2D eigenvalue weighted by atomic mass is 35.5. The molecule has 4 aromatic rings. The molecule has 0 fully saturated rings. The summed E-state index contributed by atoms with van der Waals surface area (Å²) in [6.45, 7) is 7.72. The summed E-state index contributed by atoms with van der Waals surface area (Å²) in [5.41, 5.74) is 2.17. The van der Waals surface area contributed by atoms with Crippen LogP contribution in [0.1, 0.15) is 19.4 Å². The Kier molecular flexibility index (Phi) is 7.11. The van der Waals surface area contributed by atoms with Crippen LogP contribution in [0.5, 0.6) is 0 Å². The summed E-state index contributed by atoms with van der Waals surface area (Å²) in [6, 6.07) is 15.5. The predicted octanol–water partition coefficient (Wildman–Crippen LogP) is 3.51. The van der Waals surface area contributed by atoms with E-state index in [1.807, 2.05) is 53.1 Å². The number of hydrogen-bond donors (Lipinski definition) is 1. The number of benzene rings is 2. The second-order valence-electron chi connectivity index (χ2n) is 7.98. The van der Waals surface area contributed by atoms with E-state index in [4.69, 9.17) is 11.6 Å². The van der Waals surface area contributed by atoms with Gasteiger partial charge in [-0.25, -0.2) is 4.68 Å². The molecule has 172 valence electrons. The van der Waals surface area contributed by atoms with Gasteiger partial charge in [-0.15, -0.1) is 0 Å². The zero-order valence-electron chi connectivity index (χ0n) is 18.9. The molecule has 4 rings (SSSR count). The van der Waals surface area contributed by atoms with Gasteiger partial charge in [0.15, 0.2) is 0 Å². The Labute approximate surface area is 197 Å². The number of amides is 1. The van der Waals surface area contributed by atoms with Crippen molar-refractivity contribution in [1.29, 1.82) is 0 Å².